The summed E-state index contributed by atoms with van der Waals surface area (Å²) in [5.41, 5.74) is 2.94. The number of hydrogen-bond acceptors (Lipinski definition) is 1. The molecule has 4 unspecified atom stereocenters. The molecule has 0 amide bonds. The van der Waals surface area contributed by atoms with Gasteiger partial charge in [0.1, 0.15) is 0 Å². The molecule has 0 aromatic heterocycles. The normalized spacial score (nSPS) is 38.0. The van der Waals surface area contributed by atoms with Gasteiger partial charge in [-0.3, -0.25) is 0 Å². The van der Waals surface area contributed by atoms with E-state index in [1.807, 2.05) is 0 Å². The Balaban J connectivity index is 2.03. The third kappa shape index (κ3) is 1.29. The van der Waals surface area contributed by atoms with E-state index in [9.17, 15) is 0 Å². The number of benzene rings is 1. The van der Waals surface area contributed by atoms with Gasteiger partial charge in [-0.2, -0.15) is 0 Å². The van der Waals surface area contributed by atoms with Crippen LogP contribution in [0.5, 0.6) is 0 Å². The van der Waals surface area contributed by atoms with Gasteiger partial charge in [0.05, 0.1) is 0 Å². The minimum Gasteiger partial charge on any atom is -0.381 e. The summed E-state index contributed by atoms with van der Waals surface area (Å²) >= 11 is 0. The zero-order valence-electron chi connectivity index (χ0n) is 9.53. The van der Waals surface area contributed by atoms with E-state index >= 15 is 0 Å². The quantitative estimate of drug-likeness (QED) is 0.676. The van der Waals surface area contributed by atoms with E-state index < -0.39 is 0 Å². The van der Waals surface area contributed by atoms with Gasteiger partial charge in [-0.15, -0.1) is 0 Å². The lowest BCUT2D eigenvalue weighted by Gasteiger charge is -2.36. The lowest BCUT2D eigenvalue weighted by Crippen LogP contribution is -2.36. The van der Waals surface area contributed by atoms with Crippen molar-refractivity contribution < 1.29 is 0 Å². The van der Waals surface area contributed by atoms with Crippen LogP contribution in [0.25, 0.3) is 0 Å². The molecule has 2 aliphatic rings. The molecule has 0 bridgehead atoms. The van der Waals surface area contributed by atoms with Crippen LogP contribution in [0.3, 0.4) is 0 Å². The van der Waals surface area contributed by atoms with Crippen molar-refractivity contribution >= 4 is 5.69 Å². The van der Waals surface area contributed by atoms with Gasteiger partial charge in [-0.25, -0.2) is 0 Å². The highest BCUT2D eigenvalue weighted by molar-refractivity contribution is 5.59. The number of para-hydroxylation sites is 1. The van der Waals surface area contributed by atoms with Crippen molar-refractivity contribution in [1.82, 2.24) is 0 Å². The molecular weight excluding hydrogens is 182 g/mol. The molecule has 0 saturated heterocycles. The predicted octanol–water partition coefficient (Wildman–Crippen LogP) is 3.63. The van der Waals surface area contributed by atoms with Crippen molar-refractivity contribution in [3.8, 4) is 0 Å². The van der Waals surface area contributed by atoms with E-state index in [-0.39, 0.29) is 0 Å². The molecule has 0 spiro atoms. The van der Waals surface area contributed by atoms with Crippen molar-refractivity contribution in [3.63, 3.8) is 0 Å². The molecule has 1 heterocycles. The van der Waals surface area contributed by atoms with Gasteiger partial charge >= 0.3 is 0 Å². The first-order valence-electron chi connectivity index (χ1n) is 6.13. The van der Waals surface area contributed by atoms with Crippen LogP contribution < -0.4 is 5.32 Å². The molecule has 1 aliphatic carbocycles. The van der Waals surface area contributed by atoms with E-state index in [1.165, 1.54) is 18.5 Å². The maximum atomic E-state index is 3.72. The van der Waals surface area contributed by atoms with Gasteiger partial charge in [-0.05, 0) is 36.3 Å². The Bertz CT molecular complexity index is 371. The first-order chi connectivity index (χ1) is 7.27. The van der Waals surface area contributed by atoms with Crippen LogP contribution in [0.1, 0.15) is 38.2 Å². The highest BCUT2D eigenvalue weighted by Crippen LogP contribution is 2.48. The third-order valence-electron chi connectivity index (χ3n) is 4.33. The minimum absolute atomic E-state index is 0.686. The summed E-state index contributed by atoms with van der Waals surface area (Å²) in [4.78, 5) is 0. The molecule has 1 aliphatic heterocycles. The first-order valence-corrected chi connectivity index (χ1v) is 6.13. The maximum absolute atomic E-state index is 3.72. The molecular formula is C14H19N. The van der Waals surface area contributed by atoms with Crippen molar-refractivity contribution in [2.45, 2.75) is 38.6 Å². The van der Waals surface area contributed by atoms with E-state index in [0.29, 0.717) is 6.04 Å². The van der Waals surface area contributed by atoms with Gasteiger partial charge < -0.3 is 5.32 Å². The Morgan fingerprint density at radius 1 is 1.07 bits per heavy atom. The van der Waals surface area contributed by atoms with Gasteiger partial charge in [0.2, 0.25) is 0 Å². The molecule has 4 atom stereocenters. The average Bonchev–Trinajstić information content (AvgIpc) is 2.64. The topological polar surface area (TPSA) is 12.0 Å². The maximum Gasteiger partial charge on any atom is 0.0378 e. The number of hydrogen-bond donors (Lipinski definition) is 1. The molecule has 80 valence electrons. The standard InChI is InChI=1S/C14H19N/c1-9-7-8-10(2)14-13(9)11-5-3-4-6-12(11)15-14/h3-6,9-10,13-15H,7-8H2,1-2H3. The molecule has 0 radical (unpaired) electrons. The van der Waals surface area contributed by atoms with E-state index in [0.717, 1.165) is 17.8 Å². The summed E-state index contributed by atoms with van der Waals surface area (Å²) in [6.07, 6.45) is 2.77. The predicted molar refractivity (Wildman–Crippen MR) is 64.2 cm³/mol. The zero-order chi connectivity index (χ0) is 10.4. The fourth-order valence-electron chi connectivity index (χ4n) is 3.42. The summed E-state index contributed by atoms with van der Waals surface area (Å²) in [7, 11) is 0. The SMILES string of the molecule is CC1CCC(C)C2c3ccccc3NC12. The van der Waals surface area contributed by atoms with Crippen LogP contribution in [0.15, 0.2) is 24.3 Å². The Morgan fingerprint density at radius 2 is 1.80 bits per heavy atom. The van der Waals surface area contributed by atoms with Crippen molar-refractivity contribution in [1.29, 1.82) is 0 Å². The molecule has 1 aromatic rings. The molecule has 15 heavy (non-hydrogen) atoms. The summed E-state index contributed by atoms with van der Waals surface area (Å²) < 4.78 is 0. The Kier molecular flexibility index (Phi) is 2.01. The lowest BCUT2D eigenvalue weighted by atomic mass is 9.71. The first kappa shape index (κ1) is 9.26. The van der Waals surface area contributed by atoms with E-state index in [1.54, 1.807) is 5.56 Å². The number of fused-ring (bicyclic) bond motifs is 3. The summed E-state index contributed by atoms with van der Waals surface area (Å²) in [5, 5.41) is 3.72. The summed E-state index contributed by atoms with van der Waals surface area (Å²) in [6.45, 7) is 4.80. The second-order valence-electron chi connectivity index (χ2n) is 5.32. The third-order valence-corrected chi connectivity index (χ3v) is 4.33. The van der Waals surface area contributed by atoms with Crippen molar-refractivity contribution in [3.05, 3.63) is 29.8 Å². The number of nitrogens with one attached hydrogen (secondary N) is 1. The molecule has 1 heteroatoms. The van der Waals surface area contributed by atoms with Crippen LogP contribution in [0.2, 0.25) is 0 Å². The van der Waals surface area contributed by atoms with Crippen LogP contribution in [0.4, 0.5) is 5.69 Å². The molecule has 3 rings (SSSR count). The summed E-state index contributed by atoms with van der Waals surface area (Å²) in [6, 6.07) is 9.54. The lowest BCUT2D eigenvalue weighted by molar-refractivity contribution is 0.250. The Labute approximate surface area is 91.9 Å². The minimum atomic E-state index is 0.686. The smallest absolute Gasteiger partial charge is 0.0378 e. The highest BCUT2D eigenvalue weighted by Gasteiger charge is 2.41. The average molecular weight is 201 g/mol. The van der Waals surface area contributed by atoms with Crippen LogP contribution >= 0.6 is 0 Å². The number of anilines is 1. The second-order valence-corrected chi connectivity index (χ2v) is 5.32. The fraction of sp³-hybridized carbons (Fsp3) is 0.571. The molecule has 1 aromatic carbocycles. The molecule has 1 nitrogen and oxygen atoms in total. The Hall–Kier alpha value is -0.980. The molecule has 1 saturated carbocycles. The molecule has 1 fully saturated rings. The van der Waals surface area contributed by atoms with Crippen molar-refractivity contribution in [2.75, 3.05) is 5.32 Å². The Morgan fingerprint density at radius 3 is 2.67 bits per heavy atom. The summed E-state index contributed by atoms with van der Waals surface area (Å²) in [5.74, 6) is 2.41. The van der Waals surface area contributed by atoms with Crippen LogP contribution in [-0.4, -0.2) is 6.04 Å². The van der Waals surface area contributed by atoms with Gasteiger partial charge in [0, 0.05) is 17.6 Å². The van der Waals surface area contributed by atoms with Gasteiger partial charge in [0.15, 0.2) is 0 Å². The van der Waals surface area contributed by atoms with Crippen LogP contribution in [-0.2, 0) is 0 Å². The fourth-order valence-corrected chi connectivity index (χ4v) is 3.42. The van der Waals surface area contributed by atoms with Gasteiger partial charge in [-0.1, -0.05) is 32.0 Å². The van der Waals surface area contributed by atoms with E-state index in [4.69, 9.17) is 0 Å². The molecule has 1 N–H and O–H groups in total. The zero-order valence-corrected chi connectivity index (χ0v) is 9.53. The van der Waals surface area contributed by atoms with E-state index in [2.05, 4.69) is 43.4 Å². The van der Waals surface area contributed by atoms with Gasteiger partial charge in [0.25, 0.3) is 0 Å². The second kappa shape index (κ2) is 3.26. The largest absolute Gasteiger partial charge is 0.381 e. The number of rotatable bonds is 0. The highest BCUT2D eigenvalue weighted by atomic mass is 15.0. The monoisotopic (exact) mass is 201 g/mol. The van der Waals surface area contributed by atoms with Crippen molar-refractivity contribution in [2.24, 2.45) is 11.8 Å². The van der Waals surface area contributed by atoms with Crippen LogP contribution in [0, 0.1) is 11.8 Å².